The van der Waals surface area contributed by atoms with Gasteiger partial charge in [0.1, 0.15) is 5.75 Å². The van der Waals surface area contributed by atoms with Gasteiger partial charge in [0.2, 0.25) is 5.91 Å². The molecule has 2 amide bonds. The monoisotopic (exact) mass is 416 g/mol. The number of amides is 2. The fourth-order valence-corrected chi connectivity index (χ4v) is 3.50. The van der Waals surface area contributed by atoms with Gasteiger partial charge < -0.3 is 15.0 Å². The Labute approximate surface area is 161 Å². The first-order chi connectivity index (χ1) is 12.6. The molecule has 1 unspecified atom stereocenters. The van der Waals surface area contributed by atoms with Crippen LogP contribution >= 0.6 is 15.9 Å². The molecule has 0 bridgehead atoms. The van der Waals surface area contributed by atoms with Crippen LogP contribution < -0.4 is 15.0 Å². The second-order valence-electron chi connectivity index (χ2n) is 6.19. The Balaban J connectivity index is 1.57. The summed E-state index contributed by atoms with van der Waals surface area (Å²) in [5.74, 6) is 0.833. The van der Waals surface area contributed by atoms with Crippen molar-refractivity contribution >= 4 is 33.4 Å². The fourth-order valence-electron chi connectivity index (χ4n) is 3.03. The van der Waals surface area contributed by atoms with Crippen molar-refractivity contribution in [2.75, 3.05) is 24.6 Å². The van der Waals surface area contributed by atoms with Gasteiger partial charge in [-0.05, 0) is 59.3 Å². The predicted octanol–water partition coefficient (Wildman–Crippen LogP) is 3.63. The van der Waals surface area contributed by atoms with E-state index in [1.54, 1.807) is 11.0 Å². The maximum atomic E-state index is 12.3. The van der Waals surface area contributed by atoms with Crippen LogP contribution in [0, 0.1) is 5.92 Å². The van der Waals surface area contributed by atoms with Gasteiger partial charge in [-0.2, -0.15) is 0 Å². The van der Waals surface area contributed by atoms with Crippen molar-refractivity contribution in [3.8, 4) is 5.75 Å². The molecule has 6 heteroatoms. The highest BCUT2D eigenvalue weighted by Gasteiger charge is 2.30. The Morgan fingerprint density at radius 3 is 2.65 bits per heavy atom. The van der Waals surface area contributed by atoms with E-state index in [1.165, 1.54) is 0 Å². The molecule has 26 heavy (non-hydrogen) atoms. The number of nitrogens with one attached hydrogen (secondary N) is 1. The molecule has 1 heterocycles. The van der Waals surface area contributed by atoms with E-state index in [9.17, 15) is 9.59 Å². The molecule has 1 aliphatic rings. The van der Waals surface area contributed by atoms with Gasteiger partial charge in [0.15, 0.2) is 0 Å². The molecule has 1 N–H and O–H groups in total. The van der Waals surface area contributed by atoms with Crippen LogP contribution in [0.1, 0.15) is 23.7 Å². The lowest BCUT2D eigenvalue weighted by Gasteiger charge is -2.17. The number of nitrogens with zero attached hydrogens (tertiary/aromatic N) is 1. The van der Waals surface area contributed by atoms with Crippen molar-refractivity contribution in [3.63, 3.8) is 0 Å². The Kier molecular flexibility index (Phi) is 5.93. The molecule has 2 aromatic rings. The van der Waals surface area contributed by atoms with Gasteiger partial charge in [0.05, 0.1) is 12.2 Å². The second kappa shape index (κ2) is 8.36. The molecule has 1 aliphatic heterocycles. The third kappa shape index (κ3) is 4.25. The first kappa shape index (κ1) is 18.5. The van der Waals surface area contributed by atoms with E-state index < -0.39 is 0 Å². The van der Waals surface area contributed by atoms with Crippen molar-refractivity contribution in [2.45, 2.75) is 13.3 Å². The van der Waals surface area contributed by atoms with Gasteiger partial charge in [0.25, 0.3) is 5.91 Å². The normalized spacial score (nSPS) is 16.6. The van der Waals surface area contributed by atoms with Crippen LogP contribution in [-0.2, 0) is 4.79 Å². The smallest absolute Gasteiger partial charge is 0.252 e. The molecule has 0 aliphatic carbocycles. The SMILES string of the molecule is CCOc1ccc(N2CC(CNC(=O)c3ccccc3Br)CC2=O)cc1. The summed E-state index contributed by atoms with van der Waals surface area (Å²) in [6.45, 7) is 3.62. The number of benzene rings is 2. The molecule has 136 valence electrons. The minimum atomic E-state index is -0.135. The first-order valence-electron chi connectivity index (χ1n) is 8.64. The number of hydrogen-bond acceptors (Lipinski definition) is 3. The van der Waals surface area contributed by atoms with E-state index in [4.69, 9.17) is 4.74 Å². The van der Waals surface area contributed by atoms with Crippen molar-refractivity contribution in [1.29, 1.82) is 0 Å². The Hall–Kier alpha value is -2.34. The van der Waals surface area contributed by atoms with Crippen molar-refractivity contribution in [3.05, 3.63) is 58.6 Å². The highest BCUT2D eigenvalue weighted by atomic mass is 79.9. The van der Waals surface area contributed by atoms with Crippen LogP contribution in [0.4, 0.5) is 5.69 Å². The zero-order valence-corrected chi connectivity index (χ0v) is 16.2. The molecule has 0 spiro atoms. The van der Waals surface area contributed by atoms with Crippen molar-refractivity contribution in [1.82, 2.24) is 5.32 Å². The van der Waals surface area contributed by atoms with Crippen LogP contribution in [0.25, 0.3) is 0 Å². The number of ether oxygens (including phenoxy) is 1. The lowest BCUT2D eigenvalue weighted by Crippen LogP contribution is -2.31. The Morgan fingerprint density at radius 2 is 1.96 bits per heavy atom. The zero-order chi connectivity index (χ0) is 18.5. The Morgan fingerprint density at radius 1 is 1.23 bits per heavy atom. The summed E-state index contributed by atoms with van der Waals surface area (Å²) in [5.41, 5.74) is 1.46. The maximum absolute atomic E-state index is 12.3. The highest BCUT2D eigenvalue weighted by Crippen LogP contribution is 2.26. The van der Waals surface area contributed by atoms with E-state index in [-0.39, 0.29) is 17.7 Å². The topological polar surface area (TPSA) is 58.6 Å². The van der Waals surface area contributed by atoms with E-state index in [2.05, 4.69) is 21.2 Å². The van der Waals surface area contributed by atoms with Crippen LogP contribution in [-0.4, -0.2) is 31.5 Å². The van der Waals surface area contributed by atoms with Gasteiger partial charge in [-0.1, -0.05) is 12.1 Å². The number of hydrogen-bond donors (Lipinski definition) is 1. The highest BCUT2D eigenvalue weighted by molar-refractivity contribution is 9.10. The molecule has 2 aromatic carbocycles. The summed E-state index contributed by atoms with van der Waals surface area (Å²) < 4.78 is 6.19. The summed E-state index contributed by atoms with van der Waals surface area (Å²) in [7, 11) is 0. The minimum absolute atomic E-state index is 0.0781. The zero-order valence-electron chi connectivity index (χ0n) is 14.6. The summed E-state index contributed by atoms with van der Waals surface area (Å²) in [6.07, 6.45) is 0.434. The molecule has 0 saturated carbocycles. The molecule has 0 radical (unpaired) electrons. The molecule has 5 nitrogen and oxygen atoms in total. The molecule has 1 saturated heterocycles. The number of anilines is 1. The molecule has 1 atom stereocenters. The summed E-state index contributed by atoms with van der Waals surface area (Å²) in [6, 6.07) is 14.8. The van der Waals surface area contributed by atoms with Gasteiger partial charge in [-0.25, -0.2) is 0 Å². The molecule has 3 rings (SSSR count). The quantitative estimate of drug-likeness (QED) is 0.781. The summed E-state index contributed by atoms with van der Waals surface area (Å²) in [5, 5.41) is 2.93. The number of carbonyl (C=O) groups excluding carboxylic acids is 2. The number of halogens is 1. The van der Waals surface area contributed by atoms with Gasteiger partial charge in [-0.15, -0.1) is 0 Å². The summed E-state index contributed by atoms with van der Waals surface area (Å²) in [4.78, 5) is 26.4. The molecule has 0 aromatic heterocycles. The molecular formula is C20H21BrN2O3. The predicted molar refractivity (Wildman–Crippen MR) is 105 cm³/mol. The van der Waals surface area contributed by atoms with Crippen LogP contribution in [0.5, 0.6) is 5.75 Å². The first-order valence-corrected chi connectivity index (χ1v) is 9.43. The average Bonchev–Trinajstić information content (AvgIpc) is 3.02. The van der Waals surface area contributed by atoms with E-state index in [0.29, 0.717) is 31.7 Å². The fraction of sp³-hybridized carbons (Fsp3) is 0.300. The largest absolute Gasteiger partial charge is 0.494 e. The summed E-state index contributed by atoms with van der Waals surface area (Å²) >= 11 is 3.38. The molecule has 1 fully saturated rings. The minimum Gasteiger partial charge on any atom is -0.494 e. The van der Waals surface area contributed by atoms with E-state index in [0.717, 1.165) is 15.9 Å². The maximum Gasteiger partial charge on any atom is 0.252 e. The van der Waals surface area contributed by atoms with E-state index in [1.807, 2.05) is 49.4 Å². The second-order valence-corrected chi connectivity index (χ2v) is 7.05. The van der Waals surface area contributed by atoms with Crippen molar-refractivity contribution < 1.29 is 14.3 Å². The third-order valence-electron chi connectivity index (χ3n) is 4.33. The number of rotatable bonds is 6. The van der Waals surface area contributed by atoms with Crippen molar-refractivity contribution in [2.24, 2.45) is 5.92 Å². The van der Waals surface area contributed by atoms with E-state index >= 15 is 0 Å². The standard InChI is InChI=1S/C20H21BrN2O3/c1-2-26-16-9-7-15(8-10-16)23-13-14(11-19(23)24)12-22-20(25)17-5-3-4-6-18(17)21/h3-10,14H,2,11-13H2,1H3,(H,22,25). The lowest BCUT2D eigenvalue weighted by atomic mass is 10.1. The average molecular weight is 417 g/mol. The van der Waals surface area contributed by atoms with Crippen LogP contribution in [0.2, 0.25) is 0 Å². The third-order valence-corrected chi connectivity index (χ3v) is 5.03. The van der Waals surface area contributed by atoms with Gasteiger partial charge in [-0.3, -0.25) is 9.59 Å². The Bertz CT molecular complexity index is 792. The molecular weight excluding hydrogens is 396 g/mol. The van der Waals surface area contributed by atoms with Gasteiger partial charge in [0, 0.05) is 35.6 Å². The number of carbonyl (C=O) groups is 2. The van der Waals surface area contributed by atoms with Crippen LogP contribution in [0.3, 0.4) is 0 Å². The van der Waals surface area contributed by atoms with Crippen LogP contribution in [0.15, 0.2) is 53.0 Å². The van der Waals surface area contributed by atoms with Gasteiger partial charge >= 0.3 is 0 Å². The lowest BCUT2D eigenvalue weighted by molar-refractivity contribution is -0.117.